The van der Waals surface area contributed by atoms with Crippen molar-refractivity contribution in [2.24, 2.45) is 5.41 Å². The molecule has 21 heavy (non-hydrogen) atoms. The Balaban J connectivity index is 1.54. The van der Waals surface area contributed by atoms with Gasteiger partial charge in [0, 0.05) is 11.0 Å². The maximum absolute atomic E-state index is 11.9. The molecule has 0 unspecified atom stereocenters. The van der Waals surface area contributed by atoms with Crippen LogP contribution in [0.1, 0.15) is 23.0 Å². The van der Waals surface area contributed by atoms with Crippen LogP contribution < -0.4 is 5.32 Å². The molecule has 1 aromatic heterocycles. The van der Waals surface area contributed by atoms with Crippen LogP contribution in [-0.4, -0.2) is 34.1 Å². The van der Waals surface area contributed by atoms with Crippen molar-refractivity contribution < 1.29 is 9.53 Å². The molecule has 6 nitrogen and oxygen atoms in total. The third-order valence-electron chi connectivity index (χ3n) is 3.50. The van der Waals surface area contributed by atoms with Gasteiger partial charge in [-0.3, -0.25) is 9.48 Å². The van der Waals surface area contributed by atoms with Gasteiger partial charge in [-0.15, -0.1) is 5.10 Å². The SMILES string of the molecule is CC1(Cn2cc(CNC(=O)c3ccccc3)nn2)COC1. The molecule has 2 aromatic rings. The molecule has 0 atom stereocenters. The van der Waals surface area contributed by atoms with Crippen LogP contribution in [0.2, 0.25) is 0 Å². The number of nitrogens with zero attached hydrogens (tertiary/aromatic N) is 3. The highest BCUT2D eigenvalue weighted by molar-refractivity contribution is 5.93. The number of benzene rings is 1. The van der Waals surface area contributed by atoms with Gasteiger partial charge in [-0.25, -0.2) is 0 Å². The fourth-order valence-corrected chi connectivity index (χ4v) is 2.29. The van der Waals surface area contributed by atoms with Crippen LogP contribution in [0, 0.1) is 5.41 Å². The Morgan fingerprint density at radius 2 is 2.14 bits per heavy atom. The predicted octanol–water partition coefficient (Wildman–Crippen LogP) is 1.24. The highest BCUT2D eigenvalue weighted by Crippen LogP contribution is 2.28. The summed E-state index contributed by atoms with van der Waals surface area (Å²) >= 11 is 0. The summed E-state index contributed by atoms with van der Waals surface area (Å²) in [5, 5.41) is 11.0. The van der Waals surface area contributed by atoms with Crippen LogP contribution in [0.4, 0.5) is 0 Å². The average molecular weight is 286 g/mol. The van der Waals surface area contributed by atoms with Crippen molar-refractivity contribution in [3.05, 3.63) is 47.8 Å². The molecular formula is C15H18N4O2. The molecule has 1 saturated heterocycles. The van der Waals surface area contributed by atoms with Crippen LogP contribution in [-0.2, 0) is 17.8 Å². The van der Waals surface area contributed by atoms with E-state index in [9.17, 15) is 4.79 Å². The normalized spacial score (nSPS) is 16.2. The van der Waals surface area contributed by atoms with Crippen molar-refractivity contribution in [2.45, 2.75) is 20.0 Å². The zero-order valence-corrected chi connectivity index (χ0v) is 12.0. The van der Waals surface area contributed by atoms with E-state index in [1.807, 2.05) is 29.1 Å². The summed E-state index contributed by atoms with van der Waals surface area (Å²) in [6, 6.07) is 9.12. The Morgan fingerprint density at radius 3 is 2.81 bits per heavy atom. The molecule has 1 amide bonds. The van der Waals surface area contributed by atoms with E-state index in [-0.39, 0.29) is 11.3 Å². The molecule has 1 aliphatic rings. The van der Waals surface area contributed by atoms with Crippen molar-refractivity contribution >= 4 is 5.91 Å². The average Bonchev–Trinajstić information content (AvgIpc) is 2.91. The summed E-state index contributed by atoms with van der Waals surface area (Å²) < 4.78 is 7.04. The third kappa shape index (κ3) is 3.28. The molecule has 0 spiro atoms. The summed E-state index contributed by atoms with van der Waals surface area (Å²) in [6.45, 7) is 4.84. The molecule has 1 fully saturated rings. The molecule has 110 valence electrons. The van der Waals surface area contributed by atoms with Crippen molar-refractivity contribution in [1.29, 1.82) is 0 Å². The van der Waals surface area contributed by atoms with E-state index in [0.29, 0.717) is 12.1 Å². The molecule has 2 heterocycles. The van der Waals surface area contributed by atoms with Gasteiger partial charge in [0.25, 0.3) is 5.91 Å². The van der Waals surface area contributed by atoms with Gasteiger partial charge < -0.3 is 10.1 Å². The summed E-state index contributed by atoms with van der Waals surface area (Å²) in [6.07, 6.45) is 1.87. The summed E-state index contributed by atoms with van der Waals surface area (Å²) in [4.78, 5) is 11.9. The number of hydrogen-bond acceptors (Lipinski definition) is 4. The number of ether oxygens (including phenoxy) is 1. The van der Waals surface area contributed by atoms with E-state index < -0.39 is 0 Å². The molecule has 1 N–H and O–H groups in total. The van der Waals surface area contributed by atoms with E-state index in [1.165, 1.54) is 0 Å². The molecular weight excluding hydrogens is 268 g/mol. The lowest BCUT2D eigenvalue weighted by Crippen LogP contribution is -2.43. The van der Waals surface area contributed by atoms with Gasteiger partial charge in [-0.05, 0) is 12.1 Å². The Bertz CT molecular complexity index is 620. The van der Waals surface area contributed by atoms with E-state index in [1.54, 1.807) is 12.1 Å². The van der Waals surface area contributed by atoms with Gasteiger partial charge in [0.15, 0.2) is 0 Å². The molecule has 3 rings (SSSR count). The Kier molecular flexibility index (Phi) is 3.70. The molecule has 0 radical (unpaired) electrons. The number of carbonyl (C=O) groups excluding carboxylic acids is 1. The zero-order valence-electron chi connectivity index (χ0n) is 12.0. The van der Waals surface area contributed by atoms with Crippen LogP contribution in [0.15, 0.2) is 36.5 Å². The standard InChI is InChI=1S/C15H18N4O2/c1-15(10-21-11-15)9-19-8-13(17-18-19)7-16-14(20)12-5-3-2-4-6-12/h2-6,8H,7,9-11H2,1H3,(H,16,20). The first-order valence-electron chi connectivity index (χ1n) is 6.95. The Hall–Kier alpha value is -2.21. The smallest absolute Gasteiger partial charge is 0.251 e. The first kappa shape index (κ1) is 13.8. The summed E-state index contributed by atoms with van der Waals surface area (Å²) in [5.41, 5.74) is 1.55. The molecule has 0 bridgehead atoms. The van der Waals surface area contributed by atoms with Crippen LogP contribution in [0.5, 0.6) is 0 Å². The molecule has 0 saturated carbocycles. The van der Waals surface area contributed by atoms with Crippen molar-refractivity contribution in [3.63, 3.8) is 0 Å². The minimum atomic E-state index is -0.107. The van der Waals surface area contributed by atoms with Gasteiger partial charge in [0.2, 0.25) is 0 Å². The molecule has 6 heteroatoms. The van der Waals surface area contributed by atoms with E-state index in [0.717, 1.165) is 25.5 Å². The van der Waals surface area contributed by atoms with Crippen molar-refractivity contribution in [3.8, 4) is 0 Å². The largest absolute Gasteiger partial charge is 0.380 e. The lowest BCUT2D eigenvalue weighted by Gasteiger charge is -2.37. The summed E-state index contributed by atoms with van der Waals surface area (Å²) in [7, 11) is 0. The third-order valence-corrected chi connectivity index (χ3v) is 3.50. The fraction of sp³-hybridized carbons (Fsp3) is 0.400. The number of rotatable bonds is 5. The number of carbonyl (C=O) groups is 1. The number of hydrogen-bond donors (Lipinski definition) is 1. The van der Waals surface area contributed by atoms with Crippen LogP contribution in [0.25, 0.3) is 0 Å². The molecule has 0 aliphatic carbocycles. The maximum Gasteiger partial charge on any atom is 0.251 e. The second kappa shape index (κ2) is 5.65. The van der Waals surface area contributed by atoms with Gasteiger partial charge >= 0.3 is 0 Å². The first-order valence-corrected chi connectivity index (χ1v) is 6.95. The highest BCUT2D eigenvalue weighted by atomic mass is 16.5. The van der Waals surface area contributed by atoms with Crippen molar-refractivity contribution in [1.82, 2.24) is 20.3 Å². The Labute approximate surface area is 123 Å². The number of nitrogens with one attached hydrogen (secondary N) is 1. The number of aromatic nitrogens is 3. The zero-order chi connectivity index (χ0) is 14.7. The lowest BCUT2D eigenvalue weighted by molar-refractivity contribution is -0.111. The van der Waals surface area contributed by atoms with Gasteiger partial charge in [0.1, 0.15) is 5.69 Å². The van der Waals surface area contributed by atoms with Gasteiger partial charge in [-0.2, -0.15) is 0 Å². The first-order chi connectivity index (χ1) is 10.1. The lowest BCUT2D eigenvalue weighted by atomic mass is 9.89. The van der Waals surface area contributed by atoms with Gasteiger partial charge in [0.05, 0.1) is 32.5 Å². The summed E-state index contributed by atoms with van der Waals surface area (Å²) in [5.74, 6) is -0.107. The van der Waals surface area contributed by atoms with E-state index >= 15 is 0 Å². The minimum Gasteiger partial charge on any atom is -0.380 e. The monoisotopic (exact) mass is 286 g/mol. The highest BCUT2D eigenvalue weighted by Gasteiger charge is 2.34. The van der Waals surface area contributed by atoms with Gasteiger partial charge in [-0.1, -0.05) is 30.3 Å². The van der Waals surface area contributed by atoms with Crippen LogP contribution >= 0.6 is 0 Å². The topological polar surface area (TPSA) is 69.0 Å². The Morgan fingerprint density at radius 1 is 1.38 bits per heavy atom. The van der Waals surface area contributed by atoms with Crippen molar-refractivity contribution in [2.75, 3.05) is 13.2 Å². The second-order valence-corrected chi connectivity index (χ2v) is 5.76. The minimum absolute atomic E-state index is 0.107. The van der Waals surface area contributed by atoms with E-state index in [4.69, 9.17) is 4.74 Å². The van der Waals surface area contributed by atoms with Crippen LogP contribution in [0.3, 0.4) is 0 Å². The fourth-order valence-electron chi connectivity index (χ4n) is 2.29. The number of amides is 1. The second-order valence-electron chi connectivity index (χ2n) is 5.76. The maximum atomic E-state index is 11.9. The molecule has 1 aliphatic heterocycles. The quantitative estimate of drug-likeness (QED) is 0.898. The molecule has 1 aromatic carbocycles. The predicted molar refractivity (Wildman–Crippen MR) is 76.6 cm³/mol. The van der Waals surface area contributed by atoms with E-state index in [2.05, 4.69) is 22.6 Å².